The molecule has 0 saturated heterocycles. The van der Waals surface area contributed by atoms with E-state index in [1.165, 1.54) is 0 Å². The fourth-order valence-corrected chi connectivity index (χ4v) is 2.93. The number of halogens is 1. The molecule has 0 spiro atoms. The molecule has 0 saturated carbocycles. The molecule has 2 heterocycles. The Hall–Kier alpha value is -2.40. The Balaban J connectivity index is 1.92. The van der Waals surface area contributed by atoms with Crippen molar-refractivity contribution in [2.75, 3.05) is 0 Å². The molecule has 0 bridgehead atoms. The second-order valence-electron chi connectivity index (χ2n) is 4.83. The van der Waals surface area contributed by atoms with Crippen LogP contribution in [-0.4, -0.2) is 21.0 Å². The molecule has 0 aliphatic rings. The molecule has 0 aliphatic carbocycles. The van der Waals surface area contributed by atoms with Crippen molar-refractivity contribution in [3.8, 4) is 0 Å². The van der Waals surface area contributed by atoms with Gasteiger partial charge < -0.3 is 4.98 Å². The van der Waals surface area contributed by atoms with Gasteiger partial charge in [-0.2, -0.15) is 5.10 Å². The molecule has 0 unspecified atom stereocenters. The van der Waals surface area contributed by atoms with E-state index in [-0.39, 0.29) is 5.78 Å². The summed E-state index contributed by atoms with van der Waals surface area (Å²) < 4.78 is 0.876. The van der Waals surface area contributed by atoms with Gasteiger partial charge in [0, 0.05) is 20.9 Å². The summed E-state index contributed by atoms with van der Waals surface area (Å²) in [5, 5.41) is 8.16. The minimum Gasteiger partial charge on any atom is -0.351 e. The van der Waals surface area contributed by atoms with Gasteiger partial charge in [-0.25, -0.2) is 0 Å². The summed E-state index contributed by atoms with van der Waals surface area (Å²) in [6, 6.07) is 15.2. The molecule has 0 aliphatic heterocycles. The van der Waals surface area contributed by atoms with E-state index in [0.717, 1.165) is 26.4 Å². The molecule has 4 nitrogen and oxygen atoms in total. The Bertz CT molecular complexity index is 983. The van der Waals surface area contributed by atoms with E-state index in [2.05, 4.69) is 31.1 Å². The third-order valence-electron chi connectivity index (χ3n) is 3.52. The smallest absolute Gasteiger partial charge is 0.212 e. The molecule has 21 heavy (non-hydrogen) atoms. The summed E-state index contributed by atoms with van der Waals surface area (Å²) in [6.07, 6.45) is 0. The number of benzene rings is 2. The third-order valence-corrected chi connectivity index (χ3v) is 4.02. The lowest BCUT2D eigenvalue weighted by molar-refractivity contribution is 0.103. The normalized spacial score (nSPS) is 11.3. The van der Waals surface area contributed by atoms with Crippen LogP contribution < -0.4 is 0 Å². The van der Waals surface area contributed by atoms with Crippen molar-refractivity contribution in [3.63, 3.8) is 0 Å². The van der Waals surface area contributed by atoms with Gasteiger partial charge in [0.1, 0.15) is 11.2 Å². The first-order valence-corrected chi connectivity index (χ1v) is 7.28. The lowest BCUT2D eigenvalue weighted by Crippen LogP contribution is -2.02. The van der Waals surface area contributed by atoms with Crippen LogP contribution in [0.15, 0.2) is 53.0 Å². The summed E-state index contributed by atoms with van der Waals surface area (Å²) in [4.78, 5) is 15.9. The number of para-hydroxylation sites is 1. The molecule has 2 N–H and O–H groups in total. The zero-order valence-electron chi connectivity index (χ0n) is 10.9. The van der Waals surface area contributed by atoms with Gasteiger partial charge in [-0.15, -0.1) is 0 Å². The fraction of sp³-hybridized carbons (Fsp3) is 0. The highest BCUT2D eigenvalue weighted by Gasteiger charge is 2.18. The van der Waals surface area contributed by atoms with Crippen LogP contribution in [0.4, 0.5) is 0 Å². The van der Waals surface area contributed by atoms with Gasteiger partial charge in [-0.05, 0) is 18.2 Å². The van der Waals surface area contributed by atoms with E-state index in [0.29, 0.717) is 11.3 Å². The SMILES string of the molecule is O=C(c1cccc(Br)c1)c1[nH]nc2c1[nH]c1ccccc12. The summed E-state index contributed by atoms with van der Waals surface area (Å²) >= 11 is 3.39. The van der Waals surface area contributed by atoms with Crippen LogP contribution >= 0.6 is 15.9 Å². The molecule has 5 heteroatoms. The first-order valence-electron chi connectivity index (χ1n) is 6.49. The predicted molar refractivity (Wildman–Crippen MR) is 85.5 cm³/mol. The zero-order chi connectivity index (χ0) is 14.4. The van der Waals surface area contributed by atoms with Crippen LogP contribution in [-0.2, 0) is 0 Å². The monoisotopic (exact) mass is 339 g/mol. The van der Waals surface area contributed by atoms with E-state index >= 15 is 0 Å². The van der Waals surface area contributed by atoms with Gasteiger partial charge in [0.05, 0.1) is 5.52 Å². The second-order valence-corrected chi connectivity index (χ2v) is 5.75. The van der Waals surface area contributed by atoms with Crippen molar-refractivity contribution < 1.29 is 4.79 Å². The lowest BCUT2D eigenvalue weighted by atomic mass is 10.1. The van der Waals surface area contributed by atoms with Gasteiger partial charge in [0.25, 0.3) is 0 Å². The van der Waals surface area contributed by atoms with Crippen molar-refractivity contribution in [1.29, 1.82) is 0 Å². The number of carbonyl (C=O) groups is 1. The van der Waals surface area contributed by atoms with Gasteiger partial charge in [0.2, 0.25) is 5.78 Å². The van der Waals surface area contributed by atoms with E-state index in [9.17, 15) is 4.79 Å². The largest absolute Gasteiger partial charge is 0.351 e. The Kier molecular flexibility index (Phi) is 2.68. The third kappa shape index (κ3) is 1.89. The van der Waals surface area contributed by atoms with Crippen molar-refractivity contribution in [2.24, 2.45) is 0 Å². The first-order chi connectivity index (χ1) is 10.2. The van der Waals surface area contributed by atoms with Gasteiger partial charge >= 0.3 is 0 Å². The van der Waals surface area contributed by atoms with Crippen LogP contribution in [0.25, 0.3) is 21.9 Å². The maximum atomic E-state index is 12.6. The van der Waals surface area contributed by atoms with Crippen LogP contribution in [0.2, 0.25) is 0 Å². The molecule has 102 valence electrons. The van der Waals surface area contributed by atoms with Gasteiger partial charge in [-0.1, -0.05) is 46.3 Å². The molecular weight excluding hydrogens is 330 g/mol. The molecule has 4 aromatic rings. The number of carbonyl (C=O) groups excluding carboxylic acids is 1. The molecule has 2 aromatic carbocycles. The average molecular weight is 340 g/mol. The van der Waals surface area contributed by atoms with Crippen molar-refractivity contribution in [3.05, 3.63) is 64.3 Å². The number of aromatic amines is 2. The molecule has 4 rings (SSSR count). The molecule has 0 radical (unpaired) electrons. The van der Waals surface area contributed by atoms with E-state index in [4.69, 9.17) is 0 Å². The quantitative estimate of drug-likeness (QED) is 0.541. The number of aromatic nitrogens is 3. The summed E-state index contributed by atoms with van der Waals surface area (Å²) in [5.41, 5.74) is 3.63. The number of nitrogens with zero attached hydrogens (tertiary/aromatic N) is 1. The summed E-state index contributed by atoms with van der Waals surface area (Å²) in [7, 11) is 0. The average Bonchev–Trinajstić information content (AvgIpc) is 3.05. The highest BCUT2D eigenvalue weighted by molar-refractivity contribution is 9.10. The number of ketones is 1. The Morgan fingerprint density at radius 3 is 2.81 bits per heavy atom. The predicted octanol–water partition coefficient (Wildman–Crippen LogP) is 4.04. The maximum Gasteiger partial charge on any atom is 0.212 e. The zero-order valence-corrected chi connectivity index (χ0v) is 12.4. The van der Waals surface area contributed by atoms with Crippen molar-refractivity contribution >= 4 is 43.6 Å². The molecular formula is C16H10BrN3O. The standard InChI is InChI=1S/C16H10BrN3O/c17-10-5-3-4-9(8-10)16(21)15-14-13(19-20-15)11-6-1-2-7-12(11)18-14/h1-8,18H,(H,19,20). The van der Waals surface area contributed by atoms with Gasteiger partial charge in [-0.3, -0.25) is 9.89 Å². The number of fused-ring (bicyclic) bond motifs is 3. The minimum atomic E-state index is -0.0784. The number of rotatable bonds is 2. The number of hydrogen-bond donors (Lipinski definition) is 2. The van der Waals surface area contributed by atoms with Crippen molar-refractivity contribution in [2.45, 2.75) is 0 Å². The first kappa shape index (κ1) is 12.3. The Labute approximate surface area is 128 Å². The van der Waals surface area contributed by atoms with E-state index in [1.54, 1.807) is 12.1 Å². The van der Waals surface area contributed by atoms with E-state index in [1.807, 2.05) is 36.4 Å². The highest BCUT2D eigenvalue weighted by atomic mass is 79.9. The maximum absolute atomic E-state index is 12.6. The Morgan fingerprint density at radius 1 is 1.10 bits per heavy atom. The van der Waals surface area contributed by atoms with E-state index < -0.39 is 0 Å². The Morgan fingerprint density at radius 2 is 1.95 bits per heavy atom. The number of nitrogens with one attached hydrogen (secondary N) is 2. The van der Waals surface area contributed by atoms with Crippen LogP contribution in [0.1, 0.15) is 16.1 Å². The van der Waals surface area contributed by atoms with Crippen LogP contribution in [0, 0.1) is 0 Å². The summed E-state index contributed by atoms with van der Waals surface area (Å²) in [5.74, 6) is -0.0784. The second kappa shape index (κ2) is 4.56. The lowest BCUT2D eigenvalue weighted by Gasteiger charge is -1.99. The molecule has 0 atom stereocenters. The molecule has 2 aromatic heterocycles. The number of hydrogen-bond acceptors (Lipinski definition) is 2. The van der Waals surface area contributed by atoms with Crippen molar-refractivity contribution in [1.82, 2.24) is 15.2 Å². The molecule has 0 amide bonds. The topological polar surface area (TPSA) is 61.5 Å². The number of H-pyrrole nitrogens is 2. The summed E-state index contributed by atoms with van der Waals surface area (Å²) in [6.45, 7) is 0. The van der Waals surface area contributed by atoms with Crippen LogP contribution in [0.3, 0.4) is 0 Å². The molecule has 0 fully saturated rings. The van der Waals surface area contributed by atoms with Gasteiger partial charge in [0.15, 0.2) is 0 Å². The van der Waals surface area contributed by atoms with Crippen LogP contribution in [0.5, 0.6) is 0 Å². The fourth-order valence-electron chi connectivity index (χ4n) is 2.53. The minimum absolute atomic E-state index is 0.0784. The highest BCUT2D eigenvalue weighted by Crippen LogP contribution is 2.26.